The number of fused-ring (bicyclic) bond motifs is 1. The molecule has 0 spiro atoms. The van der Waals surface area contributed by atoms with Crippen LogP contribution in [0.25, 0.3) is 10.9 Å². The first-order chi connectivity index (χ1) is 17.0. The summed E-state index contributed by atoms with van der Waals surface area (Å²) < 4.78 is 71.9. The average molecular weight is 539 g/mol. The molecule has 0 aliphatic rings. The lowest BCUT2D eigenvalue weighted by molar-refractivity contribution is -0.137. The van der Waals surface area contributed by atoms with Gasteiger partial charge in [-0.1, -0.05) is 18.2 Å². The lowest BCUT2D eigenvalue weighted by Gasteiger charge is -2.26. The second kappa shape index (κ2) is 10.2. The number of hydrogen-bond donors (Lipinski definition) is 2. The molecule has 9 nitrogen and oxygen atoms in total. The molecule has 0 aliphatic carbocycles. The maximum Gasteiger partial charge on any atom is 0.416 e. The number of carbonyl (C=O) groups excluding carboxylic acids is 2. The number of nitrogens with one attached hydrogen (secondary N) is 1. The molecule has 0 fully saturated rings. The highest BCUT2D eigenvalue weighted by atomic mass is 32.2. The Labute approximate surface area is 211 Å². The highest BCUT2D eigenvalue weighted by Crippen LogP contribution is 2.30. The molecular weight excluding hydrogens is 513 g/mol. The predicted molar refractivity (Wildman–Crippen MR) is 130 cm³/mol. The Bertz CT molecular complexity index is 1420. The number of sulfonamides is 1. The van der Waals surface area contributed by atoms with E-state index < -0.39 is 45.9 Å². The first-order valence-electron chi connectivity index (χ1n) is 10.9. The van der Waals surface area contributed by atoms with Crippen molar-refractivity contribution in [3.63, 3.8) is 0 Å². The van der Waals surface area contributed by atoms with Crippen molar-refractivity contribution < 1.29 is 35.9 Å². The molecule has 0 unspecified atom stereocenters. The van der Waals surface area contributed by atoms with Gasteiger partial charge in [-0.05, 0) is 57.2 Å². The van der Waals surface area contributed by atoms with Crippen LogP contribution in [0.15, 0.2) is 59.5 Å². The number of alkyl halides is 3. The van der Waals surface area contributed by atoms with Gasteiger partial charge in [-0.2, -0.15) is 13.2 Å². The van der Waals surface area contributed by atoms with Crippen LogP contribution >= 0.6 is 0 Å². The van der Waals surface area contributed by atoms with Gasteiger partial charge in [-0.15, -0.1) is 0 Å². The number of anilines is 1. The Kier molecular flexibility index (Phi) is 7.67. The molecule has 3 aromatic rings. The quantitative estimate of drug-likeness (QED) is 0.462. The van der Waals surface area contributed by atoms with Gasteiger partial charge >= 0.3 is 12.3 Å². The van der Waals surface area contributed by atoms with Gasteiger partial charge in [0.2, 0.25) is 5.91 Å². The fourth-order valence-electron chi connectivity index (χ4n) is 3.28. The van der Waals surface area contributed by atoms with E-state index in [0.29, 0.717) is 23.2 Å². The van der Waals surface area contributed by atoms with Crippen molar-refractivity contribution in [2.45, 2.75) is 44.0 Å². The average Bonchev–Trinajstić information content (AvgIpc) is 2.77. The predicted octanol–water partition coefficient (Wildman–Crippen LogP) is 4.28. The minimum atomic E-state index is -4.60. The number of amides is 2. The molecule has 0 saturated carbocycles. The molecule has 37 heavy (non-hydrogen) atoms. The number of nitrogens with two attached hydrogens (primary N) is 1. The maximum atomic E-state index is 12.9. The van der Waals surface area contributed by atoms with Crippen LogP contribution in [-0.2, 0) is 32.3 Å². The fraction of sp³-hybridized carbons (Fsp3) is 0.292. The number of hydrogen-bond acceptors (Lipinski definition) is 6. The number of halogens is 3. The van der Waals surface area contributed by atoms with Crippen molar-refractivity contribution in [1.82, 2.24) is 9.88 Å². The Balaban J connectivity index is 1.92. The molecule has 198 valence electrons. The summed E-state index contributed by atoms with van der Waals surface area (Å²) in [6.07, 6.45) is -5.39. The molecular formula is C24H25F3N4O5S. The summed E-state index contributed by atoms with van der Waals surface area (Å²) in [6.45, 7) is 4.40. The molecule has 2 amide bonds. The molecule has 0 atom stereocenters. The van der Waals surface area contributed by atoms with Crippen molar-refractivity contribution in [3.8, 4) is 0 Å². The monoisotopic (exact) mass is 538 g/mol. The van der Waals surface area contributed by atoms with Crippen LogP contribution in [0, 0.1) is 0 Å². The van der Waals surface area contributed by atoms with E-state index in [0.717, 1.165) is 17.0 Å². The van der Waals surface area contributed by atoms with Crippen molar-refractivity contribution in [1.29, 1.82) is 0 Å². The molecule has 3 N–H and O–H groups in total. The van der Waals surface area contributed by atoms with Gasteiger partial charge in [0.1, 0.15) is 12.1 Å². The molecule has 1 aromatic heterocycles. The van der Waals surface area contributed by atoms with Gasteiger partial charge in [-0.3, -0.25) is 14.4 Å². The number of ether oxygens (including phenoxy) is 1. The molecule has 2 aromatic carbocycles. The molecule has 13 heteroatoms. The van der Waals surface area contributed by atoms with Crippen LogP contribution in [0.2, 0.25) is 0 Å². The highest BCUT2D eigenvalue weighted by Gasteiger charge is 2.31. The SMILES string of the molecule is CC(C)(C)OC(=O)N(CC(N)=O)Cc1ccc2cccc(NS(=O)(=O)c3ccc(C(F)(F)F)cc3)c2n1. The Morgan fingerprint density at radius 3 is 2.24 bits per heavy atom. The standard InChI is InChI=1S/C24H25F3N4O5S/c1-23(2,3)36-22(33)31(14-20(28)32)13-17-10-7-15-5-4-6-19(21(15)29-17)30-37(34,35)18-11-8-16(9-12-18)24(25,26)27/h4-12,30H,13-14H2,1-3H3,(H2,28,32). The van der Waals surface area contributed by atoms with Gasteiger partial charge < -0.3 is 10.5 Å². The van der Waals surface area contributed by atoms with Crippen molar-refractivity contribution >= 4 is 38.6 Å². The maximum absolute atomic E-state index is 12.9. The molecule has 0 radical (unpaired) electrons. The third-order valence-corrected chi connectivity index (χ3v) is 6.25. The number of nitrogens with zero attached hydrogens (tertiary/aromatic N) is 2. The van der Waals surface area contributed by atoms with Gasteiger partial charge in [0, 0.05) is 5.39 Å². The first-order valence-corrected chi connectivity index (χ1v) is 12.4. The number of pyridine rings is 1. The van der Waals surface area contributed by atoms with E-state index in [4.69, 9.17) is 10.5 Å². The fourth-order valence-corrected chi connectivity index (χ4v) is 4.35. The number of rotatable bonds is 7. The summed E-state index contributed by atoms with van der Waals surface area (Å²) in [7, 11) is -4.26. The van der Waals surface area contributed by atoms with Gasteiger partial charge in [-0.25, -0.2) is 18.2 Å². The smallest absolute Gasteiger partial charge is 0.416 e. The van der Waals surface area contributed by atoms with E-state index in [2.05, 4.69) is 9.71 Å². The van der Waals surface area contributed by atoms with Gasteiger partial charge in [0.15, 0.2) is 0 Å². The largest absolute Gasteiger partial charge is 0.444 e. The van der Waals surface area contributed by atoms with Gasteiger partial charge in [0.05, 0.1) is 33.9 Å². The molecule has 0 bridgehead atoms. The number of benzene rings is 2. The zero-order valence-corrected chi connectivity index (χ0v) is 21.0. The Hall–Kier alpha value is -3.87. The Morgan fingerprint density at radius 2 is 1.68 bits per heavy atom. The number of para-hydroxylation sites is 1. The van der Waals surface area contributed by atoms with Crippen LogP contribution in [-0.4, -0.2) is 42.4 Å². The van der Waals surface area contributed by atoms with E-state index in [9.17, 15) is 31.2 Å². The van der Waals surface area contributed by atoms with Crippen LogP contribution in [0.5, 0.6) is 0 Å². The van der Waals surface area contributed by atoms with Crippen LogP contribution in [0.4, 0.5) is 23.7 Å². The molecule has 1 heterocycles. The van der Waals surface area contributed by atoms with Crippen molar-refractivity contribution in [2.75, 3.05) is 11.3 Å². The van der Waals surface area contributed by atoms with Crippen molar-refractivity contribution in [3.05, 3.63) is 65.9 Å². The zero-order valence-electron chi connectivity index (χ0n) is 20.2. The minimum absolute atomic E-state index is 0.0676. The van der Waals surface area contributed by atoms with Crippen LogP contribution < -0.4 is 10.5 Å². The summed E-state index contributed by atoms with van der Waals surface area (Å²) in [5.41, 5.74) is 4.06. The highest BCUT2D eigenvalue weighted by molar-refractivity contribution is 7.92. The summed E-state index contributed by atoms with van der Waals surface area (Å²) in [5, 5.41) is 0.551. The lowest BCUT2D eigenvalue weighted by atomic mass is 10.1. The normalized spacial score (nSPS) is 12.3. The lowest BCUT2D eigenvalue weighted by Crippen LogP contribution is -2.41. The second-order valence-electron chi connectivity index (χ2n) is 9.11. The third kappa shape index (κ3) is 7.32. The molecule has 0 aliphatic heterocycles. The Morgan fingerprint density at radius 1 is 1.03 bits per heavy atom. The van der Waals surface area contributed by atoms with E-state index in [1.165, 1.54) is 6.07 Å². The van der Waals surface area contributed by atoms with E-state index in [1.807, 2.05) is 0 Å². The third-order valence-electron chi connectivity index (χ3n) is 4.87. The summed E-state index contributed by atoms with van der Waals surface area (Å²) in [6, 6.07) is 11.0. The summed E-state index contributed by atoms with van der Waals surface area (Å²) in [4.78, 5) is 29.2. The first kappa shape index (κ1) is 27.7. The number of aromatic nitrogens is 1. The van der Waals surface area contributed by atoms with Gasteiger partial charge in [0.25, 0.3) is 10.0 Å². The van der Waals surface area contributed by atoms with E-state index >= 15 is 0 Å². The van der Waals surface area contributed by atoms with Crippen molar-refractivity contribution in [2.24, 2.45) is 5.73 Å². The van der Waals surface area contributed by atoms with E-state index in [1.54, 1.807) is 45.0 Å². The topological polar surface area (TPSA) is 132 Å². The minimum Gasteiger partial charge on any atom is -0.444 e. The van der Waals surface area contributed by atoms with Crippen LogP contribution in [0.3, 0.4) is 0 Å². The molecule has 0 saturated heterocycles. The number of carbonyl (C=O) groups is 2. The summed E-state index contributed by atoms with van der Waals surface area (Å²) >= 11 is 0. The van der Waals surface area contributed by atoms with Crippen LogP contribution in [0.1, 0.15) is 32.0 Å². The molecule has 3 rings (SSSR count). The number of primary amides is 1. The summed E-state index contributed by atoms with van der Waals surface area (Å²) in [5.74, 6) is -0.767. The van der Waals surface area contributed by atoms with E-state index in [-0.39, 0.29) is 22.6 Å². The second-order valence-corrected chi connectivity index (χ2v) is 10.8. The zero-order chi connectivity index (χ0) is 27.6.